The van der Waals surface area contributed by atoms with Gasteiger partial charge in [0.1, 0.15) is 30.1 Å². The largest absolute Gasteiger partial charge is 0.487 e. The van der Waals surface area contributed by atoms with Crippen LogP contribution < -0.4 is 4.74 Å². The molecule has 4 heteroatoms. The molecular weight excluding hydrogens is 302 g/mol. The lowest BCUT2D eigenvalue weighted by molar-refractivity contribution is -0.104. The number of hydrogen-bond donors (Lipinski definition) is 0. The van der Waals surface area contributed by atoms with E-state index in [4.69, 9.17) is 9.15 Å². The first-order valence-corrected chi connectivity index (χ1v) is 7.62. The highest BCUT2D eigenvalue weighted by Crippen LogP contribution is 2.23. The molecule has 0 aliphatic rings. The Kier molecular flexibility index (Phi) is 4.87. The van der Waals surface area contributed by atoms with Crippen LogP contribution >= 0.6 is 0 Å². The molecule has 0 saturated carbocycles. The number of nitrogens with zero attached hydrogens (tertiary/aromatic N) is 1. The second kappa shape index (κ2) is 7.42. The molecule has 3 aromatic rings. The Balaban J connectivity index is 1.72. The van der Waals surface area contributed by atoms with Crippen LogP contribution in [0.2, 0.25) is 0 Å². The summed E-state index contributed by atoms with van der Waals surface area (Å²) in [5.41, 5.74) is 2.61. The van der Waals surface area contributed by atoms with Gasteiger partial charge >= 0.3 is 0 Å². The third-order valence-corrected chi connectivity index (χ3v) is 3.51. The van der Waals surface area contributed by atoms with Crippen LogP contribution in [-0.2, 0) is 11.4 Å². The lowest BCUT2D eigenvalue weighted by Crippen LogP contribution is -1.97. The van der Waals surface area contributed by atoms with Crippen molar-refractivity contribution >= 4 is 12.4 Å². The summed E-state index contributed by atoms with van der Waals surface area (Å²) in [7, 11) is 0. The molecule has 1 aromatic heterocycles. The molecule has 0 N–H and O–H groups in total. The zero-order chi connectivity index (χ0) is 16.8. The number of carbonyl (C=O) groups is 1. The number of aldehydes is 1. The zero-order valence-corrected chi connectivity index (χ0v) is 13.3. The molecule has 0 radical (unpaired) electrons. The van der Waals surface area contributed by atoms with E-state index in [0.717, 1.165) is 28.9 Å². The van der Waals surface area contributed by atoms with E-state index in [2.05, 4.69) is 4.98 Å². The number of oxazole rings is 1. The Morgan fingerprint density at radius 3 is 2.75 bits per heavy atom. The van der Waals surface area contributed by atoms with Gasteiger partial charge in [0.05, 0.1) is 0 Å². The summed E-state index contributed by atoms with van der Waals surface area (Å²) in [4.78, 5) is 14.9. The average Bonchev–Trinajstić information content (AvgIpc) is 3.00. The summed E-state index contributed by atoms with van der Waals surface area (Å²) >= 11 is 0. The molecule has 0 spiro atoms. The van der Waals surface area contributed by atoms with Crippen molar-refractivity contribution in [2.45, 2.75) is 13.5 Å². The van der Waals surface area contributed by atoms with E-state index in [1.807, 2.05) is 61.5 Å². The average molecular weight is 319 g/mol. The molecule has 120 valence electrons. The van der Waals surface area contributed by atoms with Crippen molar-refractivity contribution < 1.29 is 13.9 Å². The van der Waals surface area contributed by atoms with Gasteiger partial charge in [0.15, 0.2) is 0 Å². The second-order valence-corrected chi connectivity index (χ2v) is 5.24. The summed E-state index contributed by atoms with van der Waals surface area (Å²) in [6.07, 6.45) is 3.93. The van der Waals surface area contributed by atoms with Crippen LogP contribution in [-0.4, -0.2) is 11.3 Å². The Hall–Kier alpha value is -3.14. The second-order valence-electron chi connectivity index (χ2n) is 5.24. The molecule has 0 bridgehead atoms. The molecular formula is C20H17NO3. The minimum atomic E-state index is 0.322. The van der Waals surface area contributed by atoms with Gasteiger partial charge in [0, 0.05) is 5.56 Å². The third-order valence-electron chi connectivity index (χ3n) is 3.51. The molecule has 0 fully saturated rings. The molecule has 0 aliphatic heterocycles. The Morgan fingerprint density at radius 2 is 1.96 bits per heavy atom. The number of hydrogen-bond acceptors (Lipinski definition) is 4. The van der Waals surface area contributed by atoms with E-state index in [0.29, 0.717) is 18.2 Å². The van der Waals surface area contributed by atoms with Gasteiger partial charge in [-0.15, -0.1) is 0 Å². The summed E-state index contributed by atoms with van der Waals surface area (Å²) in [6.45, 7) is 2.20. The van der Waals surface area contributed by atoms with Crippen molar-refractivity contribution in [1.82, 2.24) is 4.98 Å². The van der Waals surface area contributed by atoms with Gasteiger partial charge in [-0.05, 0) is 42.8 Å². The first-order valence-electron chi connectivity index (χ1n) is 7.62. The van der Waals surface area contributed by atoms with Gasteiger partial charge in [-0.1, -0.05) is 36.4 Å². The highest BCUT2D eigenvalue weighted by molar-refractivity contribution is 5.74. The van der Waals surface area contributed by atoms with Gasteiger partial charge in [0.2, 0.25) is 5.89 Å². The Bertz CT molecular complexity index is 850. The van der Waals surface area contributed by atoms with Crippen LogP contribution in [0, 0.1) is 6.92 Å². The SMILES string of the molecule is Cc1oc(-c2ccccc2)nc1COc1cccc(/C=C/C=O)c1. The molecule has 0 amide bonds. The quantitative estimate of drug-likeness (QED) is 0.498. The van der Waals surface area contributed by atoms with E-state index in [9.17, 15) is 4.79 Å². The maximum Gasteiger partial charge on any atom is 0.226 e. The van der Waals surface area contributed by atoms with Crippen molar-refractivity contribution in [2.24, 2.45) is 0 Å². The number of carbonyl (C=O) groups excluding carboxylic acids is 1. The van der Waals surface area contributed by atoms with Crippen LogP contribution in [0.3, 0.4) is 0 Å². The van der Waals surface area contributed by atoms with Crippen molar-refractivity contribution in [1.29, 1.82) is 0 Å². The smallest absolute Gasteiger partial charge is 0.226 e. The van der Waals surface area contributed by atoms with E-state index < -0.39 is 0 Å². The van der Waals surface area contributed by atoms with Gasteiger partial charge in [0.25, 0.3) is 0 Å². The number of ether oxygens (including phenoxy) is 1. The number of rotatable bonds is 6. The topological polar surface area (TPSA) is 52.3 Å². The van der Waals surface area contributed by atoms with Crippen LogP contribution in [0.1, 0.15) is 17.0 Å². The van der Waals surface area contributed by atoms with Crippen LogP contribution in [0.25, 0.3) is 17.5 Å². The van der Waals surface area contributed by atoms with Crippen LogP contribution in [0.5, 0.6) is 5.75 Å². The number of aryl methyl sites for hydroxylation is 1. The molecule has 0 aliphatic carbocycles. The first kappa shape index (κ1) is 15.7. The molecule has 0 unspecified atom stereocenters. The number of aromatic nitrogens is 1. The standard InChI is InChI=1S/C20H17NO3/c1-15-19(21-20(24-15)17-9-3-2-4-10-17)14-23-18-11-5-7-16(13-18)8-6-12-22/h2-13H,14H2,1H3/b8-6+. The molecule has 0 saturated heterocycles. The van der Waals surface area contributed by atoms with Gasteiger partial charge in [-0.25, -0.2) is 4.98 Å². The first-order chi connectivity index (χ1) is 11.8. The molecule has 24 heavy (non-hydrogen) atoms. The predicted molar refractivity (Wildman–Crippen MR) is 92.5 cm³/mol. The predicted octanol–water partition coefficient (Wildman–Crippen LogP) is 4.44. The Labute approximate surface area is 140 Å². The maximum absolute atomic E-state index is 10.4. The summed E-state index contributed by atoms with van der Waals surface area (Å²) < 4.78 is 11.5. The van der Waals surface area contributed by atoms with Crippen molar-refractivity contribution in [2.75, 3.05) is 0 Å². The van der Waals surface area contributed by atoms with Crippen LogP contribution in [0.15, 0.2) is 65.1 Å². The summed E-state index contributed by atoms with van der Waals surface area (Å²) in [5.74, 6) is 2.05. The van der Waals surface area contributed by atoms with Gasteiger partial charge < -0.3 is 9.15 Å². The number of benzene rings is 2. The highest BCUT2D eigenvalue weighted by atomic mass is 16.5. The van der Waals surface area contributed by atoms with E-state index in [1.165, 1.54) is 6.08 Å². The lowest BCUT2D eigenvalue weighted by atomic mass is 10.2. The fourth-order valence-electron chi connectivity index (χ4n) is 2.28. The Morgan fingerprint density at radius 1 is 1.12 bits per heavy atom. The van der Waals surface area contributed by atoms with E-state index in [1.54, 1.807) is 6.08 Å². The fraction of sp³-hybridized carbons (Fsp3) is 0.100. The van der Waals surface area contributed by atoms with Crippen molar-refractivity contribution in [3.05, 3.63) is 77.7 Å². The third kappa shape index (κ3) is 3.79. The normalized spacial score (nSPS) is 10.9. The monoisotopic (exact) mass is 319 g/mol. The van der Waals surface area contributed by atoms with E-state index in [-0.39, 0.29) is 0 Å². The lowest BCUT2D eigenvalue weighted by Gasteiger charge is -2.05. The summed E-state index contributed by atoms with van der Waals surface area (Å²) in [6, 6.07) is 17.3. The molecule has 4 nitrogen and oxygen atoms in total. The maximum atomic E-state index is 10.4. The fourth-order valence-corrected chi connectivity index (χ4v) is 2.28. The highest BCUT2D eigenvalue weighted by Gasteiger charge is 2.11. The molecule has 1 heterocycles. The van der Waals surface area contributed by atoms with E-state index >= 15 is 0 Å². The zero-order valence-electron chi connectivity index (χ0n) is 13.3. The van der Waals surface area contributed by atoms with Crippen molar-refractivity contribution in [3.63, 3.8) is 0 Å². The van der Waals surface area contributed by atoms with Gasteiger partial charge in [-0.2, -0.15) is 0 Å². The molecule has 2 aromatic carbocycles. The molecule has 0 atom stereocenters. The van der Waals surface area contributed by atoms with Gasteiger partial charge in [-0.3, -0.25) is 4.79 Å². The summed E-state index contributed by atoms with van der Waals surface area (Å²) in [5, 5.41) is 0. The minimum Gasteiger partial charge on any atom is -0.487 e. The number of allylic oxidation sites excluding steroid dienone is 1. The van der Waals surface area contributed by atoms with Crippen LogP contribution in [0.4, 0.5) is 0 Å². The van der Waals surface area contributed by atoms with Crippen molar-refractivity contribution in [3.8, 4) is 17.2 Å². The molecule has 3 rings (SSSR count). The minimum absolute atomic E-state index is 0.322.